The van der Waals surface area contributed by atoms with Crippen molar-refractivity contribution in [1.29, 1.82) is 0 Å². The Morgan fingerprint density at radius 1 is 1.09 bits per heavy atom. The molecule has 0 aliphatic heterocycles. The number of carbonyl (C=O) groups is 1. The Hall–Kier alpha value is -2.13. The molecule has 2 rings (SSSR count). The highest BCUT2D eigenvalue weighted by Gasteiger charge is 2.00. The van der Waals surface area contributed by atoms with Crippen LogP contribution in [0.1, 0.15) is 47.8 Å². The molecule has 2 aromatic rings. The van der Waals surface area contributed by atoms with Crippen molar-refractivity contribution in [2.24, 2.45) is 5.73 Å². The highest BCUT2D eigenvalue weighted by atomic mass is 16.4. The first-order valence-corrected chi connectivity index (χ1v) is 7.65. The zero-order chi connectivity index (χ0) is 17.0. The van der Waals surface area contributed by atoms with E-state index < -0.39 is 5.97 Å². The van der Waals surface area contributed by atoms with Gasteiger partial charge in [-0.05, 0) is 42.2 Å². The van der Waals surface area contributed by atoms with Crippen molar-refractivity contribution in [3.8, 4) is 0 Å². The fourth-order valence-electron chi connectivity index (χ4n) is 1.76. The minimum Gasteiger partial charge on any atom is -0.478 e. The van der Waals surface area contributed by atoms with E-state index in [0.29, 0.717) is 12.1 Å². The van der Waals surface area contributed by atoms with E-state index in [4.69, 9.17) is 10.8 Å². The summed E-state index contributed by atoms with van der Waals surface area (Å²) in [5.41, 5.74) is 9.39. The van der Waals surface area contributed by atoms with Gasteiger partial charge in [-0.25, -0.2) is 4.79 Å². The van der Waals surface area contributed by atoms with Crippen LogP contribution in [0.5, 0.6) is 0 Å². The van der Waals surface area contributed by atoms with E-state index in [-0.39, 0.29) is 0 Å². The maximum Gasteiger partial charge on any atom is 0.335 e. The monoisotopic (exact) mass is 301 g/mol. The van der Waals surface area contributed by atoms with Crippen molar-refractivity contribution in [3.05, 3.63) is 70.8 Å². The fraction of sp³-hybridized carbons (Fsp3) is 0.316. The van der Waals surface area contributed by atoms with Gasteiger partial charge < -0.3 is 10.8 Å². The van der Waals surface area contributed by atoms with Crippen LogP contribution in [0.15, 0.2) is 48.5 Å². The molecule has 2 aromatic carbocycles. The molecule has 3 N–H and O–H groups in total. The van der Waals surface area contributed by atoms with Crippen LogP contribution >= 0.6 is 0 Å². The molecule has 0 unspecified atom stereocenters. The number of benzene rings is 2. The average Bonchev–Trinajstić information content (AvgIpc) is 2.57. The Morgan fingerprint density at radius 2 is 1.73 bits per heavy atom. The van der Waals surface area contributed by atoms with Crippen LogP contribution < -0.4 is 5.73 Å². The standard InChI is InChI=1S/C9H10O2.C8H11N.C2H6/c1-2-7-4-3-5-8(6-7)9(10)11;1-7-4-2-3-5-8(7)6-9;1-2/h3-6H,2H2,1H3,(H,10,11);2-5H,6,9H2,1H3;1-2H3. The molecule has 0 atom stereocenters. The highest BCUT2D eigenvalue weighted by molar-refractivity contribution is 5.87. The smallest absolute Gasteiger partial charge is 0.335 e. The van der Waals surface area contributed by atoms with Gasteiger partial charge in [0.15, 0.2) is 0 Å². The van der Waals surface area contributed by atoms with Gasteiger partial charge in [0.1, 0.15) is 0 Å². The predicted molar refractivity (Wildman–Crippen MR) is 93.2 cm³/mol. The van der Waals surface area contributed by atoms with Gasteiger partial charge in [-0.3, -0.25) is 0 Å². The van der Waals surface area contributed by atoms with Crippen LogP contribution in [0.2, 0.25) is 0 Å². The summed E-state index contributed by atoms with van der Waals surface area (Å²) < 4.78 is 0. The second kappa shape index (κ2) is 11.5. The van der Waals surface area contributed by atoms with Crippen molar-refractivity contribution in [2.45, 2.75) is 40.7 Å². The maximum atomic E-state index is 10.5. The van der Waals surface area contributed by atoms with Gasteiger partial charge in [0, 0.05) is 6.54 Å². The first-order chi connectivity index (χ1) is 10.6. The Labute approximate surface area is 133 Å². The number of rotatable bonds is 3. The lowest BCUT2D eigenvalue weighted by Crippen LogP contribution is -1.97. The van der Waals surface area contributed by atoms with Gasteiger partial charge in [0.05, 0.1) is 5.56 Å². The topological polar surface area (TPSA) is 63.3 Å². The Kier molecular flexibility index (Phi) is 10.4. The summed E-state index contributed by atoms with van der Waals surface area (Å²) in [5, 5.41) is 8.60. The van der Waals surface area contributed by atoms with Gasteiger partial charge >= 0.3 is 5.97 Å². The first kappa shape index (κ1) is 19.9. The summed E-state index contributed by atoms with van der Waals surface area (Å²) >= 11 is 0. The van der Waals surface area contributed by atoms with Crippen LogP contribution in [-0.4, -0.2) is 11.1 Å². The zero-order valence-corrected chi connectivity index (χ0v) is 14.0. The summed E-state index contributed by atoms with van der Waals surface area (Å²) in [6.45, 7) is 8.72. The number of aryl methyl sites for hydroxylation is 2. The molecule has 0 aliphatic rings. The summed E-state index contributed by atoms with van der Waals surface area (Å²) in [6.07, 6.45) is 0.876. The molecular formula is C19H27NO2. The lowest BCUT2D eigenvalue weighted by Gasteiger charge is -1.98. The minimum absolute atomic E-state index is 0.365. The second-order valence-corrected chi connectivity index (χ2v) is 4.49. The average molecular weight is 301 g/mol. The predicted octanol–water partition coefficient (Wildman–Crippen LogP) is 4.43. The summed E-state index contributed by atoms with van der Waals surface area (Å²) in [6, 6.07) is 15.1. The Bertz CT molecular complexity index is 565. The van der Waals surface area contributed by atoms with Crippen molar-refractivity contribution in [1.82, 2.24) is 0 Å². The molecule has 0 aliphatic carbocycles. The van der Waals surface area contributed by atoms with Gasteiger partial charge in [-0.2, -0.15) is 0 Å². The van der Waals surface area contributed by atoms with E-state index in [2.05, 4.69) is 19.1 Å². The third kappa shape index (κ3) is 7.04. The normalized spacial score (nSPS) is 8.95. The molecule has 0 heterocycles. The van der Waals surface area contributed by atoms with Crippen LogP contribution in [0.3, 0.4) is 0 Å². The Balaban J connectivity index is 0.000000366. The van der Waals surface area contributed by atoms with Crippen molar-refractivity contribution < 1.29 is 9.90 Å². The number of carboxylic acids is 1. The van der Waals surface area contributed by atoms with Gasteiger partial charge in [0.2, 0.25) is 0 Å². The SMILES string of the molecule is CC.CCc1cccc(C(=O)O)c1.Cc1ccccc1CN. The number of carboxylic acid groups (broad SMARTS) is 1. The molecule has 0 saturated heterocycles. The summed E-state index contributed by atoms with van der Waals surface area (Å²) in [7, 11) is 0. The second-order valence-electron chi connectivity index (χ2n) is 4.49. The van der Waals surface area contributed by atoms with Crippen molar-refractivity contribution in [3.63, 3.8) is 0 Å². The molecular weight excluding hydrogens is 274 g/mol. The van der Waals surface area contributed by atoms with Gasteiger partial charge in [-0.15, -0.1) is 0 Å². The molecule has 0 aromatic heterocycles. The van der Waals surface area contributed by atoms with E-state index >= 15 is 0 Å². The molecule has 3 heteroatoms. The zero-order valence-electron chi connectivity index (χ0n) is 14.0. The molecule has 0 fully saturated rings. The molecule has 0 saturated carbocycles. The van der Waals surface area contributed by atoms with Crippen LogP contribution in [-0.2, 0) is 13.0 Å². The van der Waals surface area contributed by atoms with Gasteiger partial charge in [-0.1, -0.05) is 57.2 Å². The first-order valence-electron chi connectivity index (χ1n) is 7.65. The van der Waals surface area contributed by atoms with E-state index in [1.165, 1.54) is 11.1 Å². The van der Waals surface area contributed by atoms with Crippen LogP contribution in [0, 0.1) is 6.92 Å². The van der Waals surface area contributed by atoms with Crippen molar-refractivity contribution >= 4 is 5.97 Å². The largest absolute Gasteiger partial charge is 0.478 e. The molecule has 0 bridgehead atoms. The van der Waals surface area contributed by atoms with E-state index in [9.17, 15) is 4.79 Å². The van der Waals surface area contributed by atoms with E-state index in [1.54, 1.807) is 18.2 Å². The fourth-order valence-corrected chi connectivity index (χ4v) is 1.76. The molecule has 0 amide bonds. The highest BCUT2D eigenvalue weighted by Crippen LogP contribution is 2.05. The quantitative estimate of drug-likeness (QED) is 0.881. The molecule has 0 spiro atoms. The lowest BCUT2D eigenvalue weighted by molar-refractivity contribution is 0.0697. The van der Waals surface area contributed by atoms with E-state index in [1.807, 2.05) is 39.0 Å². The number of hydrogen-bond donors (Lipinski definition) is 2. The van der Waals surface area contributed by atoms with Crippen LogP contribution in [0.4, 0.5) is 0 Å². The third-order valence-electron chi connectivity index (χ3n) is 3.06. The minimum atomic E-state index is -0.861. The summed E-state index contributed by atoms with van der Waals surface area (Å²) in [4.78, 5) is 10.5. The van der Waals surface area contributed by atoms with Crippen molar-refractivity contribution in [2.75, 3.05) is 0 Å². The molecule has 120 valence electrons. The lowest BCUT2D eigenvalue weighted by atomic mass is 10.1. The number of nitrogens with two attached hydrogens (primary N) is 1. The summed E-state index contributed by atoms with van der Waals surface area (Å²) in [5.74, 6) is -0.861. The van der Waals surface area contributed by atoms with E-state index in [0.717, 1.165) is 12.0 Å². The third-order valence-corrected chi connectivity index (χ3v) is 3.06. The number of hydrogen-bond acceptors (Lipinski definition) is 2. The van der Waals surface area contributed by atoms with Gasteiger partial charge in [0.25, 0.3) is 0 Å². The number of aromatic carboxylic acids is 1. The Morgan fingerprint density at radius 3 is 2.18 bits per heavy atom. The van der Waals surface area contributed by atoms with Crippen LogP contribution in [0.25, 0.3) is 0 Å². The molecule has 0 radical (unpaired) electrons. The molecule has 3 nitrogen and oxygen atoms in total. The maximum absolute atomic E-state index is 10.5. The molecule has 22 heavy (non-hydrogen) atoms.